The molecule has 4 nitrogen and oxygen atoms in total. The molecule has 1 saturated carbocycles. The summed E-state index contributed by atoms with van der Waals surface area (Å²) in [6.07, 6.45) is 21.3. The lowest BCUT2D eigenvalue weighted by Crippen LogP contribution is -2.30. The molecule has 2 rings (SSSR count). The van der Waals surface area contributed by atoms with Crippen LogP contribution >= 0.6 is 0 Å². The van der Waals surface area contributed by atoms with E-state index in [1.165, 1.54) is 19.3 Å². The van der Waals surface area contributed by atoms with E-state index < -0.39 is 11.6 Å². The average molecular weight is 405 g/mol. The lowest BCUT2D eigenvalue weighted by Gasteiger charge is -2.27. The second-order valence-corrected chi connectivity index (χ2v) is 9.11. The minimum Gasteiger partial charge on any atom is -0.481 e. The number of aliphatic carboxylic acids is 1. The second-order valence-electron chi connectivity index (χ2n) is 9.11. The number of unbranched alkanes of at least 4 members (excludes halogenated alkanes) is 6. The first-order valence-electron chi connectivity index (χ1n) is 11.8. The highest BCUT2D eigenvalue weighted by molar-refractivity contribution is 5.94. The van der Waals surface area contributed by atoms with Gasteiger partial charge in [0.05, 0.1) is 5.60 Å². The molecular formula is C25H40O4. The summed E-state index contributed by atoms with van der Waals surface area (Å²) in [5.74, 6) is 0.0922. The van der Waals surface area contributed by atoms with Crippen LogP contribution in [0.4, 0.5) is 0 Å². The molecular weight excluding hydrogens is 364 g/mol. The van der Waals surface area contributed by atoms with Gasteiger partial charge >= 0.3 is 5.97 Å². The molecule has 164 valence electrons. The summed E-state index contributed by atoms with van der Waals surface area (Å²) < 4.78 is 0. The molecule has 2 aliphatic carbocycles. The highest BCUT2D eigenvalue weighted by atomic mass is 16.4. The van der Waals surface area contributed by atoms with Crippen molar-refractivity contribution < 1.29 is 19.8 Å². The molecule has 2 N–H and O–H groups in total. The van der Waals surface area contributed by atoms with Gasteiger partial charge in [0.15, 0.2) is 5.78 Å². The van der Waals surface area contributed by atoms with Crippen LogP contribution in [-0.4, -0.2) is 27.6 Å². The van der Waals surface area contributed by atoms with Gasteiger partial charge in [-0.1, -0.05) is 70.1 Å². The molecule has 4 heteroatoms. The zero-order chi connectivity index (χ0) is 21.1. The van der Waals surface area contributed by atoms with E-state index in [0.717, 1.165) is 51.4 Å². The standard InChI is InChI=1S/C25H40O4/c1-2-3-4-9-18-25(29,21-15-16-21)19-10-11-20-14-17-23(26)22(20)12-7-5-6-8-13-24(27)28/h10-11,14,17,20-22,29H,2-9,12-13,15-16,18-19H2,1H3,(H,27,28)/b11-10+/t20-,22+,25?/m0/s1. The molecule has 1 unspecified atom stereocenters. The minimum absolute atomic E-state index is 0.0179. The first-order chi connectivity index (χ1) is 14.0. The van der Waals surface area contributed by atoms with Gasteiger partial charge in [0.2, 0.25) is 0 Å². The largest absolute Gasteiger partial charge is 0.481 e. The average Bonchev–Trinajstić information content (AvgIpc) is 3.48. The van der Waals surface area contributed by atoms with E-state index in [0.29, 0.717) is 18.8 Å². The van der Waals surface area contributed by atoms with E-state index in [4.69, 9.17) is 5.11 Å². The van der Waals surface area contributed by atoms with E-state index in [1.807, 2.05) is 6.08 Å². The second kappa shape index (κ2) is 12.3. The number of hydrogen-bond donors (Lipinski definition) is 2. The number of aliphatic hydroxyl groups is 1. The van der Waals surface area contributed by atoms with Crippen molar-refractivity contribution >= 4 is 11.8 Å². The molecule has 0 aromatic heterocycles. The van der Waals surface area contributed by atoms with Gasteiger partial charge < -0.3 is 10.2 Å². The first-order valence-corrected chi connectivity index (χ1v) is 11.8. The van der Waals surface area contributed by atoms with E-state index in [9.17, 15) is 14.7 Å². The topological polar surface area (TPSA) is 74.6 Å². The number of carboxylic acid groups (broad SMARTS) is 1. The summed E-state index contributed by atoms with van der Waals surface area (Å²) in [4.78, 5) is 22.8. The van der Waals surface area contributed by atoms with Gasteiger partial charge in [-0.25, -0.2) is 0 Å². The zero-order valence-corrected chi connectivity index (χ0v) is 18.2. The van der Waals surface area contributed by atoms with E-state index in [-0.39, 0.29) is 24.0 Å². The molecule has 0 amide bonds. The fourth-order valence-electron chi connectivity index (χ4n) is 4.56. The predicted molar refractivity (Wildman–Crippen MR) is 117 cm³/mol. The number of hydrogen-bond acceptors (Lipinski definition) is 3. The summed E-state index contributed by atoms with van der Waals surface area (Å²) >= 11 is 0. The molecule has 0 aliphatic heterocycles. The Bertz CT molecular complexity index is 575. The Balaban J connectivity index is 1.75. The van der Waals surface area contributed by atoms with Gasteiger partial charge in [0, 0.05) is 18.3 Å². The van der Waals surface area contributed by atoms with Crippen molar-refractivity contribution in [2.24, 2.45) is 17.8 Å². The summed E-state index contributed by atoms with van der Waals surface area (Å²) in [5, 5.41) is 19.8. The van der Waals surface area contributed by atoms with Gasteiger partial charge in [0.25, 0.3) is 0 Å². The van der Waals surface area contributed by atoms with Crippen LogP contribution in [0.2, 0.25) is 0 Å². The number of carbonyl (C=O) groups excluding carboxylic acids is 1. The molecule has 0 bridgehead atoms. The van der Waals surface area contributed by atoms with Crippen molar-refractivity contribution in [3.05, 3.63) is 24.3 Å². The molecule has 0 radical (unpaired) electrons. The van der Waals surface area contributed by atoms with Crippen molar-refractivity contribution in [2.45, 2.75) is 102 Å². The Kier molecular flexibility index (Phi) is 10.1. The van der Waals surface area contributed by atoms with Gasteiger partial charge in [-0.3, -0.25) is 9.59 Å². The lowest BCUT2D eigenvalue weighted by molar-refractivity contribution is -0.137. The quantitative estimate of drug-likeness (QED) is 0.250. The van der Waals surface area contributed by atoms with Crippen molar-refractivity contribution in [2.75, 3.05) is 0 Å². The first kappa shape index (κ1) is 23.9. The fraction of sp³-hybridized carbons (Fsp3) is 0.760. The Morgan fingerprint density at radius 3 is 2.55 bits per heavy atom. The third kappa shape index (κ3) is 8.46. The Morgan fingerprint density at radius 2 is 1.86 bits per heavy atom. The van der Waals surface area contributed by atoms with Crippen molar-refractivity contribution in [3.63, 3.8) is 0 Å². The number of carbonyl (C=O) groups is 2. The van der Waals surface area contributed by atoms with Crippen LogP contribution in [0.15, 0.2) is 24.3 Å². The summed E-state index contributed by atoms with van der Waals surface area (Å²) in [5.41, 5.74) is -0.559. The van der Waals surface area contributed by atoms with Crippen LogP contribution in [0.25, 0.3) is 0 Å². The highest BCUT2D eigenvalue weighted by Crippen LogP contribution is 2.44. The Morgan fingerprint density at radius 1 is 1.14 bits per heavy atom. The van der Waals surface area contributed by atoms with E-state index in [1.54, 1.807) is 6.08 Å². The SMILES string of the molecule is CCCCCCC(O)(C/C=C/[C@H]1C=CC(=O)[C@@H]1CCCCCCC(=O)O)C1CC1. The molecule has 0 heterocycles. The molecule has 29 heavy (non-hydrogen) atoms. The molecule has 0 aromatic carbocycles. The Hall–Kier alpha value is -1.42. The molecule has 2 aliphatic rings. The maximum Gasteiger partial charge on any atom is 0.303 e. The van der Waals surface area contributed by atoms with Gasteiger partial charge in [-0.05, 0) is 50.5 Å². The predicted octanol–water partition coefficient (Wildman–Crippen LogP) is 5.84. The number of ketones is 1. The van der Waals surface area contributed by atoms with Crippen LogP contribution in [-0.2, 0) is 9.59 Å². The number of rotatable bonds is 16. The zero-order valence-electron chi connectivity index (χ0n) is 18.2. The van der Waals surface area contributed by atoms with Crippen LogP contribution < -0.4 is 0 Å². The van der Waals surface area contributed by atoms with Crippen molar-refractivity contribution in [1.29, 1.82) is 0 Å². The molecule has 1 fully saturated rings. The Labute approximate surface area is 176 Å². The van der Waals surface area contributed by atoms with Crippen LogP contribution in [0, 0.1) is 17.8 Å². The van der Waals surface area contributed by atoms with E-state index in [2.05, 4.69) is 19.1 Å². The van der Waals surface area contributed by atoms with E-state index >= 15 is 0 Å². The maximum atomic E-state index is 12.2. The summed E-state index contributed by atoms with van der Waals surface area (Å²) in [7, 11) is 0. The monoisotopic (exact) mass is 404 g/mol. The lowest BCUT2D eigenvalue weighted by atomic mass is 9.85. The van der Waals surface area contributed by atoms with Crippen molar-refractivity contribution in [3.8, 4) is 0 Å². The molecule has 0 spiro atoms. The number of allylic oxidation sites excluding steroid dienone is 3. The minimum atomic E-state index is -0.734. The fourth-order valence-corrected chi connectivity index (χ4v) is 4.56. The smallest absolute Gasteiger partial charge is 0.303 e. The third-order valence-corrected chi connectivity index (χ3v) is 6.60. The highest BCUT2D eigenvalue weighted by Gasteiger charge is 2.42. The normalized spacial score (nSPS) is 23.7. The third-order valence-electron chi connectivity index (χ3n) is 6.60. The summed E-state index contributed by atoms with van der Waals surface area (Å²) in [6.45, 7) is 2.21. The van der Waals surface area contributed by atoms with Crippen LogP contribution in [0.1, 0.15) is 96.8 Å². The van der Waals surface area contributed by atoms with Gasteiger partial charge in [-0.15, -0.1) is 0 Å². The maximum absolute atomic E-state index is 12.2. The van der Waals surface area contributed by atoms with Gasteiger partial charge in [0.1, 0.15) is 0 Å². The van der Waals surface area contributed by atoms with Crippen LogP contribution in [0.5, 0.6) is 0 Å². The summed E-state index contributed by atoms with van der Waals surface area (Å²) in [6, 6.07) is 0. The number of carboxylic acids is 1. The van der Waals surface area contributed by atoms with Gasteiger partial charge in [-0.2, -0.15) is 0 Å². The van der Waals surface area contributed by atoms with Crippen molar-refractivity contribution in [1.82, 2.24) is 0 Å². The molecule has 0 aromatic rings. The molecule has 3 atom stereocenters. The molecule has 0 saturated heterocycles. The van der Waals surface area contributed by atoms with Crippen LogP contribution in [0.3, 0.4) is 0 Å².